The molecule has 5 rings (SSSR count). The van der Waals surface area contributed by atoms with Gasteiger partial charge in [-0.15, -0.1) is 11.3 Å². The molecule has 3 atom stereocenters. The lowest BCUT2D eigenvalue weighted by molar-refractivity contribution is 0.0408. The first-order valence-corrected chi connectivity index (χ1v) is 12.4. The summed E-state index contributed by atoms with van der Waals surface area (Å²) >= 11 is 1.97. The molecule has 5 heteroatoms. The Balaban J connectivity index is 1.18. The SMILES string of the molecule is Cc1cc(C)c2cc([C@H]3CCN(C[C@H](O)COc4cccc5[nH]ccc45)[C@@H](C)C3)sc2c1. The Kier molecular flexibility index (Phi) is 5.97. The van der Waals surface area contributed by atoms with Crippen LogP contribution in [0.5, 0.6) is 5.75 Å². The van der Waals surface area contributed by atoms with Crippen molar-refractivity contribution in [3.63, 3.8) is 0 Å². The van der Waals surface area contributed by atoms with E-state index in [1.54, 1.807) is 0 Å². The van der Waals surface area contributed by atoms with Crippen molar-refractivity contribution in [2.75, 3.05) is 19.7 Å². The van der Waals surface area contributed by atoms with Crippen molar-refractivity contribution in [1.29, 1.82) is 0 Å². The van der Waals surface area contributed by atoms with Crippen LogP contribution in [0.15, 0.2) is 48.7 Å². The predicted octanol–water partition coefficient (Wildman–Crippen LogP) is 6.01. The molecule has 1 aliphatic heterocycles. The summed E-state index contributed by atoms with van der Waals surface area (Å²) < 4.78 is 7.38. The van der Waals surface area contributed by atoms with Gasteiger partial charge >= 0.3 is 0 Å². The molecule has 0 aliphatic carbocycles. The number of β-amino-alcohol motifs (C(OH)–C–C–N with tert-alkyl or cyclic N) is 1. The molecule has 0 radical (unpaired) electrons. The van der Waals surface area contributed by atoms with Crippen molar-refractivity contribution in [3.05, 3.63) is 64.7 Å². The molecule has 32 heavy (non-hydrogen) atoms. The minimum Gasteiger partial charge on any atom is -0.490 e. The highest BCUT2D eigenvalue weighted by Gasteiger charge is 2.29. The summed E-state index contributed by atoms with van der Waals surface area (Å²) in [5.74, 6) is 1.43. The third-order valence-electron chi connectivity index (χ3n) is 6.86. The molecular formula is C27H32N2O2S. The number of ether oxygens (including phenoxy) is 1. The lowest BCUT2D eigenvalue weighted by atomic mass is 9.89. The summed E-state index contributed by atoms with van der Waals surface area (Å²) in [5, 5.41) is 13.1. The van der Waals surface area contributed by atoms with Gasteiger partial charge in [0.05, 0.1) is 0 Å². The number of H-pyrrole nitrogens is 1. The van der Waals surface area contributed by atoms with E-state index in [2.05, 4.69) is 48.9 Å². The number of aryl methyl sites for hydroxylation is 2. The van der Waals surface area contributed by atoms with Crippen molar-refractivity contribution in [2.24, 2.45) is 0 Å². The number of aliphatic hydroxyl groups excluding tert-OH is 1. The zero-order valence-corrected chi connectivity index (χ0v) is 19.9. The first kappa shape index (κ1) is 21.5. The molecule has 168 valence electrons. The molecule has 3 heterocycles. The molecule has 0 amide bonds. The number of hydrogen-bond donors (Lipinski definition) is 2. The van der Waals surface area contributed by atoms with Gasteiger partial charge in [-0.2, -0.15) is 0 Å². The number of piperidine rings is 1. The van der Waals surface area contributed by atoms with Gasteiger partial charge < -0.3 is 14.8 Å². The van der Waals surface area contributed by atoms with Crippen LogP contribution in [0.25, 0.3) is 21.0 Å². The van der Waals surface area contributed by atoms with E-state index in [0.29, 0.717) is 25.1 Å². The second kappa shape index (κ2) is 8.89. The van der Waals surface area contributed by atoms with Crippen LogP contribution < -0.4 is 4.74 Å². The van der Waals surface area contributed by atoms with Gasteiger partial charge in [0.25, 0.3) is 0 Å². The molecule has 2 aromatic heterocycles. The molecule has 1 aliphatic rings. The summed E-state index contributed by atoms with van der Waals surface area (Å²) in [6.07, 6.45) is 3.70. The maximum atomic E-state index is 10.7. The van der Waals surface area contributed by atoms with Crippen LogP contribution >= 0.6 is 11.3 Å². The Hall–Kier alpha value is -2.34. The van der Waals surface area contributed by atoms with Gasteiger partial charge in [0.15, 0.2) is 0 Å². The lowest BCUT2D eigenvalue weighted by Gasteiger charge is -2.38. The molecule has 1 fully saturated rings. The number of nitrogens with one attached hydrogen (secondary N) is 1. The third-order valence-corrected chi connectivity index (χ3v) is 8.10. The molecule has 0 spiro atoms. The van der Waals surface area contributed by atoms with Crippen LogP contribution in [-0.4, -0.2) is 46.8 Å². The first-order chi connectivity index (χ1) is 15.5. The summed E-state index contributed by atoms with van der Waals surface area (Å²) in [7, 11) is 0. The highest BCUT2D eigenvalue weighted by Crippen LogP contribution is 2.39. The zero-order valence-electron chi connectivity index (χ0n) is 19.1. The fourth-order valence-electron chi connectivity index (χ4n) is 5.15. The normalized spacial score (nSPS) is 20.8. The molecule has 2 aromatic carbocycles. The summed E-state index contributed by atoms with van der Waals surface area (Å²) in [6.45, 7) is 8.68. The van der Waals surface area contributed by atoms with Gasteiger partial charge in [0, 0.05) is 39.3 Å². The van der Waals surface area contributed by atoms with E-state index < -0.39 is 6.10 Å². The van der Waals surface area contributed by atoms with Crippen molar-refractivity contribution < 1.29 is 9.84 Å². The molecule has 2 N–H and O–H groups in total. The van der Waals surface area contributed by atoms with E-state index >= 15 is 0 Å². The Morgan fingerprint density at radius 2 is 2.06 bits per heavy atom. The number of thiophene rings is 1. The number of aromatic nitrogens is 1. The quantitative estimate of drug-likeness (QED) is 0.380. The topological polar surface area (TPSA) is 48.5 Å². The standard InChI is InChI=1S/C27H32N2O2S/c1-17-11-18(2)23-14-26(32-27(23)12-17)20-8-10-29(19(3)13-20)15-21(30)16-31-25-6-4-5-24-22(25)7-9-28-24/h4-7,9,11-12,14,19-21,28,30H,8,10,13,15-16H2,1-3H3/t19-,20-,21-/m0/s1. The highest BCUT2D eigenvalue weighted by atomic mass is 32.1. The van der Waals surface area contributed by atoms with Crippen LogP contribution in [-0.2, 0) is 0 Å². The van der Waals surface area contributed by atoms with Gasteiger partial charge in [-0.1, -0.05) is 12.1 Å². The van der Waals surface area contributed by atoms with Crippen LogP contribution in [0.4, 0.5) is 0 Å². The molecule has 0 bridgehead atoms. The van der Waals surface area contributed by atoms with Crippen molar-refractivity contribution in [1.82, 2.24) is 9.88 Å². The van der Waals surface area contributed by atoms with Gasteiger partial charge in [0.1, 0.15) is 18.5 Å². The van der Waals surface area contributed by atoms with E-state index in [1.165, 1.54) is 26.1 Å². The van der Waals surface area contributed by atoms with Crippen molar-refractivity contribution >= 4 is 32.3 Å². The van der Waals surface area contributed by atoms with Gasteiger partial charge in [0.2, 0.25) is 0 Å². The van der Waals surface area contributed by atoms with E-state index in [0.717, 1.165) is 36.0 Å². The summed E-state index contributed by atoms with van der Waals surface area (Å²) in [5.41, 5.74) is 3.78. The number of benzene rings is 2. The average molecular weight is 449 g/mol. The number of fused-ring (bicyclic) bond motifs is 2. The van der Waals surface area contributed by atoms with E-state index in [1.807, 2.05) is 41.8 Å². The maximum Gasteiger partial charge on any atom is 0.128 e. The molecule has 0 unspecified atom stereocenters. The second-order valence-corrected chi connectivity index (χ2v) is 10.5. The average Bonchev–Trinajstić information content (AvgIpc) is 3.41. The zero-order chi connectivity index (χ0) is 22.2. The van der Waals surface area contributed by atoms with Crippen molar-refractivity contribution in [3.8, 4) is 5.75 Å². The molecule has 4 nitrogen and oxygen atoms in total. The Morgan fingerprint density at radius 1 is 1.19 bits per heavy atom. The van der Waals surface area contributed by atoms with Crippen LogP contribution in [0.3, 0.4) is 0 Å². The van der Waals surface area contributed by atoms with E-state index in [4.69, 9.17) is 4.74 Å². The van der Waals surface area contributed by atoms with Crippen molar-refractivity contribution in [2.45, 2.75) is 51.7 Å². The minimum atomic E-state index is -0.502. The van der Waals surface area contributed by atoms with Crippen LogP contribution in [0.2, 0.25) is 0 Å². The van der Waals surface area contributed by atoms with Gasteiger partial charge in [-0.3, -0.25) is 4.90 Å². The number of nitrogens with zero attached hydrogens (tertiary/aromatic N) is 1. The molecule has 0 saturated carbocycles. The summed E-state index contributed by atoms with van der Waals surface area (Å²) in [6, 6.07) is 15.5. The maximum absolute atomic E-state index is 10.7. The second-order valence-electron chi connectivity index (χ2n) is 9.37. The third kappa shape index (κ3) is 4.29. The Morgan fingerprint density at radius 3 is 2.91 bits per heavy atom. The lowest BCUT2D eigenvalue weighted by Crippen LogP contribution is -2.45. The Bertz CT molecular complexity index is 1230. The number of hydrogen-bond acceptors (Lipinski definition) is 4. The highest BCUT2D eigenvalue weighted by molar-refractivity contribution is 7.19. The fraction of sp³-hybridized carbons (Fsp3) is 0.407. The number of aromatic amines is 1. The molecule has 1 saturated heterocycles. The van der Waals surface area contributed by atoms with E-state index in [9.17, 15) is 5.11 Å². The van der Waals surface area contributed by atoms with Gasteiger partial charge in [-0.05, 0) is 92.9 Å². The predicted molar refractivity (Wildman–Crippen MR) is 134 cm³/mol. The van der Waals surface area contributed by atoms with E-state index in [-0.39, 0.29) is 0 Å². The number of aliphatic hydroxyl groups is 1. The smallest absolute Gasteiger partial charge is 0.128 e. The number of rotatable bonds is 6. The molecule has 4 aromatic rings. The fourth-order valence-corrected chi connectivity index (χ4v) is 6.54. The number of likely N-dealkylation sites (tertiary alicyclic amines) is 1. The molecular weight excluding hydrogens is 416 g/mol. The first-order valence-electron chi connectivity index (χ1n) is 11.6. The largest absolute Gasteiger partial charge is 0.490 e. The minimum absolute atomic E-state index is 0.311. The van der Waals surface area contributed by atoms with Gasteiger partial charge in [-0.25, -0.2) is 0 Å². The van der Waals surface area contributed by atoms with Crippen LogP contribution in [0, 0.1) is 13.8 Å². The Labute approximate surface area is 193 Å². The van der Waals surface area contributed by atoms with Crippen LogP contribution in [0.1, 0.15) is 41.7 Å². The monoisotopic (exact) mass is 448 g/mol. The summed E-state index contributed by atoms with van der Waals surface area (Å²) in [4.78, 5) is 7.14.